The van der Waals surface area contributed by atoms with Crippen LogP contribution in [0.3, 0.4) is 0 Å². The summed E-state index contributed by atoms with van der Waals surface area (Å²) in [6, 6.07) is 11.7. The first kappa shape index (κ1) is 31.0. The Morgan fingerprint density at radius 2 is 1.76 bits per heavy atom. The molecule has 10 heteroatoms. The summed E-state index contributed by atoms with van der Waals surface area (Å²) in [7, 11) is -1.99. The zero-order valence-electron chi connectivity index (χ0n) is 21.7. The van der Waals surface area contributed by atoms with Crippen LogP contribution in [0.25, 0.3) is 22.0 Å². The molecular formula is C27H37Cl2N3O4S. The number of benzene rings is 2. The molecule has 1 fully saturated rings. The van der Waals surface area contributed by atoms with Crippen LogP contribution < -0.4 is 10.1 Å². The molecule has 37 heavy (non-hydrogen) atoms. The molecule has 0 aliphatic heterocycles. The van der Waals surface area contributed by atoms with Crippen molar-refractivity contribution in [1.29, 1.82) is 0 Å². The molecule has 1 saturated carbocycles. The van der Waals surface area contributed by atoms with Gasteiger partial charge in [0.2, 0.25) is 0 Å². The fourth-order valence-electron chi connectivity index (χ4n) is 5.22. The zero-order chi connectivity index (χ0) is 25.2. The van der Waals surface area contributed by atoms with E-state index in [9.17, 15) is 13.5 Å². The van der Waals surface area contributed by atoms with Gasteiger partial charge in [-0.25, -0.2) is 8.42 Å². The van der Waals surface area contributed by atoms with Gasteiger partial charge in [0.05, 0.1) is 18.3 Å². The second-order valence-electron chi connectivity index (χ2n) is 9.23. The number of phenolic OH excluding ortho intramolecular Hbond substituents is 1. The van der Waals surface area contributed by atoms with E-state index in [-0.39, 0.29) is 41.5 Å². The van der Waals surface area contributed by atoms with E-state index in [0.717, 1.165) is 49.7 Å². The number of aromatic nitrogens is 1. The van der Waals surface area contributed by atoms with Crippen LogP contribution in [0, 0.1) is 0 Å². The van der Waals surface area contributed by atoms with E-state index in [4.69, 9.17) is 4.74 Å². The largest absolute Gasteiger partial charge is 0.504 e. The number of nitrogens with one attached hydrogen (secondary N) is 1. The van der Waals surface area contributed by atoms with Gasteiger partial charge in [0.1, 0.15) is 4.90 Å². The maximum atomic E-state index is 12.7. The summed E-state index contributed by atoms with van der Waals surface area (Å²) in [5.74, 6) is 0.430. The van der Waals surface area contributed by atoms with E-state index in [0.29, 0.717) is 28.6 Å². The minimum atomic E-state index is -3.51. The molecule has 3 aromatic rings. The fraction of sp³-hybridized carbons (Fsp3) is 0.444. The number of aromatic hydroxyl groups is 1. The SMILES string of the molecule is CCN(CC)C1CCC(Nc2c(S(C)(=O)=O)cnc3ccc(-c4cccc(OC)c4O)cc23)CC1.Cl.Cl. The van der Waals surface area contributed by atoms with Gasteiger partial charge in [-0.05, 0) is 62.5 Å². The molecule has 0 radical (unpaired) electrons. The summed E-state index contributed by atoms with van der Waals surface area (Å²) in [6.45, 7) is 6.50. The van der Waals surface area contributed by atoms with Crippen molar-refractivity contribution in [2.24, 2.45) is 0 Å². The topological polar surface area (TPSA) is 91.8 Å². The molecule has 0 amide bonds. The fourth-order valence-corrected chi connectivity index (χ4v) is 6.01. The number of pyridine rings is 1. The monoisotopic (exact) mass is 569 g/mol. The number of hydrogen-bond donors (Lipinski definition) is 2. The highest BCUT2D eigenvalue weighted by Gasteiger charge is 2.27. The Morgan fingerprint density at radius 3 is 2.35 bits per heavy atom. The summed E-state index contributed by atoms with van der Waals surface area (Å²) in [5.41, 5.74) is 2.66. The summed E-state index contributed by atoms with van der Waals surface area (Å²) >= 11 is 0. The molecule has 4 rings (SSSR count). The number of rotatable bonds is 8. The highest BCUT2D eigenvalue weighted by Crippen LogP contribution is 2.40. The molecule has 204 valence electrons. The van der Waals surface area contributed by atoms with Gasteiger partial charge < -0.3 is 20.1 Å². The van der Waals surface area contributed by atoms with Gasteiger partial charge in [-0.3, -0.25) is 4.98 Å². The van der Waals surface area contributed by atoms with Crippen LogP contribution in [-0.2, 0) is 9.84 Å². The number of methoxy groups -OCH3 is 1. The number of sulfone groups is 1. The third-order valence-corrected chi connectivity index (χ3v) is 8.24. The van der Waals surface area contributed by atoms with E-state index in [2.05, 4.69) is 29.0 Å². The van der Waals surface area contributed by atoms with Crippen molar-refractivity contribution in [3.63, 3.8) is 0 Å². The summed E-state index contributed by atoms with van der Waals surface area (Å²) in [6.07, 6.45) is 6.79. The predicted octanol–water partition coefficient (Wildman–Crippen LogP) is 5.93. The third kappa shape index (κ3) is 6.60. The van der Waals surface area contributed by atoms with E-state index < -0.39 is 9.84 Å². The Morgan fingerprint density at radius 1 is 1.08 bits per heavy atom. The van der Waals surface area contributed by atoms with Crippen molar-refractivity contribution >= 4 is 51.2 Å². The molecule has 0 bridgehead atoms. The van der Waals surface area contributed by atoms with Crippen molar-refractivity contribution < 1.29 is 18.3 Å². The van der Waals surface area contributed by atoms with Gasteiger partial charge in [0, 0.05) is 35.5 Å². The van der Waals surface area contributed by atoms with Gasteiger partial charge in [-0.2, -0.15) is 0 Å². The van der Waals surface area contributed by atoms with Gasteiger partial charge in [0.25, 0.3) is 0 Å². The van der Waals surface area contributed by atoms with Crippen LogP contribution in [0.4, 0.5) is 5.69 Å². The van der Waals surface area contributed by atoms with Crippen molar-refractivity contribution in [3.8, 4) is 22.6 Å². The number of phenols is 1. The average Bonchev–Trinajstić information content (AvgIpc) is 2.85. The van der Waals surface area contributed by atoms with E-state index in [1.807, 2.05) is 30.3 Å². The molecule has 1 aliphatic carbocycles. The van der Waals surface area contributed by atoms with Crippen molar-refractivity contribution in [2.75, 3.05) is 31.8 Å². The Kier molecular flexibility index (Phi) is 10.9. The second kappa shape index (κ2) is 13.0. The average molecular weight is 571 g/mol. The predicted molar refractivity (Wildman–Crippen MR) is 156 cm³/mol. The van der Waals surface area contributed by atoms with Crippen molar-refractivity contribution in [2.45, 2.75) is 56.5 Å². The highest BCUT2D eigenvalue weighted by atomic mass is 35.5. The third-order valence-electron chi connectivity index (χ3n) is 7.14. The normalized spacial score (nSPS) is 17.6. The molecule has 2 aromatic carbocycles. The Balaban J connectivity index is 0.00000241. The minimum absolute atomic E-state index is 0. The van der Waals surface area contributed by atoms with Crippen molar-refractivity contribution in [1.82, 2.24) is 9.88 Å². The Bertz CT molecular complexity index is 1310. The van der Waals surface area contributed by atoms with Crippen LogP contribution in [0.2, 0.25) is 0 Å². The molecule has 2 N–H and O–H groups in total. The van der Waals surface area contributed by atoms with Gasteiger partial charge in [0.15, 0.2) is 21.3 Å². The Hall–Kier alpha value is -2.26. The lowest BCUT2D eigenvalue weighted by atomic mass is 9.89. The smallest absolute Gasteiger partial charge is 0.179 e. The van der Waals surface area contributed by atoms with E-state index in [1.54, 1.807) is 6.07 Å². The van der Waals surface area contributed by atoms with Crippen LogP contribution in [0.1, 0.15) is 39.5 Å². The van der Waals surface area contributed by atoms with Gasteiger partial charge in [-0.1, -0.05) is 32.0 Å². The van der Waals surface area contributed by atoms with Crippen LogP contribution >= 0.6 is 24.8 Å². The molecule has 1 aliphatic rings. The molecule has 1 aromatic heterocycles. The molecule has 1 heterocycles. The first-order chi connectivity index (χ1) is 16.8. The first-order valence-electron chi connectivity index (χ1n) is 12.3. The maximum Gasteiger partial charge on any atom is 0.179 e. The summed E-state index contributed by atoms with van der Waals surface area (Å²) in [5, 5.41) is 15.0. The standard InChI is InChI=1S/C27H35N3O4S.2ClH/c1-5-30(6-2)20-13-11-19(12-14-20)29-26-22-16-18(21-8-7-9-24(34-3)27(21)31)10-15-23(22)28-17-25(26)35(4,32)33;;/h7-10,15-17,19-20,31H,5-6,11-14H2,1-4H3,(H,28,29);2*1H. The Labute approximate surface area is 232 Å². The molecule has 0 unspecified atom stereocenters. The number of anilines is 1. The van der Waals surface area contributed by atoms with Gasteiger partial charge >= 0.3 is 0 Å². The molecule has 7 nitrogen and oxygen atoms in total. The minimum Gasteiger partial charge on any atom is -0.504 e. The molecule has 0 saturated heterocycles. The summed E-state index contributed by atoms with van der Waals surface area (Å²) in [4.78, 5) is 7.14. The quantitative estimate of drug-likeness (QED) is 0.347. The van der Waals surface area contributed by atoms with Gasteiger partial charge in [-0.15, -0.1) is 24.8 Å². The number of fused-ring (bicyclic) bond motifs is 1. The first-order valence-corrected chi connectivity index (χ1v) is 14.2. The molecular weight excluding hydrogens is 533 g/mol. The number of nitrogens with zero attached hydrogens (tertiary/aromatic N) is 2. The van der Waals surface area contributed by atoms with E-state index >= 15 is 0 Å². The van der Waals surface area contributed by atoms with E-state index in [1.165, 1.54) is 19.6 Å². The van der Waals surface area contributed by atoms with Crippen LogP contribution in [0.15, 0.2) is 47.5 Å². The molecule has 0 atom stereocenters. The lowest BCUT2D eigenvalue weighted by Gasteiger charge is -2.36. The summed E-state index contributed by atoms with van der Waals surface area (Å²) < 4.78 is 30.7. The number of halogens is 2. The highest BCUT2D eigenvalue weighted by molar-refractivity contribution is 7.90. The molecule has 0 spiro atoms. The zero-order valence-corrected chi connectivity index (χ0v) is 24.2. The maximum absolute atomic E-state index is 12.7. The lowest BCUT2D eigenvalue weighted by Crippen LogP contribution is -2.40. The van der Waals surface area contributed by atoms with Crippen molar-refractivity contribution in [3.05, 3.63) is 42.6 Å². The number of ether oxygens (including phenoxy) is 1. The van der Waals surface area contributed by atoms with Crippen LogP contribution in [-0.4, -0.2) is 61.9 Å². The second-order valence-corrected chi connectivity index (χ2v) is 11.2. The lowest BCUT2D eigenvalue weighted by molar-refractivity contribution is 0.167. The number of para-hydroxylation sites is 1. The van der Waals surface area contributed by atoms with Crippen LogP contribution in [0.5, 0.6) is 11.5 Å². The number of hydrogen-bond acceptors (Lipinski definition) is 7.